The van der Waals surface area contributed by atoms with Gasteiger partial charge in [-0.2, -0.15) is 4.31 Å². The molecule has 2 aliphatic heterocycles. The molecule has 7 nitrogen and oxygen atoms in total. The van der Waals surface area contributed by atoms with Crippen LogP contribution in [0.15, 0.2) is 29.2 Å². The summed E-state index contributed by atoms with van der Waals surface area (Å²) in [6, 6.07) is 6.26. The molecule has 0 saturated carbocycles. The van der Waals surface area contributed by atoms with Crippen molar-refractivity contribution in [2.24, 2.45) is 0 Å². The van der Waals surface area contributed by atoms with Crippen LogP contribution in [0.5, 0.6) is 0 Å². The molecule has 0 radical (unpaired) electrons. The lowest BCUT2D eigenvalue weighted by Gasteiger charge is -2.26. The van der Waals surface area contributed by atoms with Crippen LogP contribution in [0.2, 0.25) is 0 Å². The molecule has 144 valence electrons. The number of carbonyl (C=O) groups excluding carboxylic acids is 1. The minimum Gasteiger partial charge on any atom is -0.379 e. The molecule has 2 saturated heterocycles. The first kappa shape index (κ1) is 19.3. The molecule has 1 amide bonds. The summed E-state index contributed by atoms with van der Waals surface area (Å²) in [6.07, 6.45) is 3.42. The normalized spacial score (nSPS) is 19.5. The van der Waals surface area contributed by atoms with E-state index in [0.29, 0.717) is 38.4 Å². The topological polar surface area (TPSA) is 79.0 Å². The van der Waals surface area contributed by atoms with Gasteiger partial charge in [0, 0.05) is 25.2 Å². The average molecular weight is 381 g/mol. The summed E-state index contributed by atoms with van der Waals surface area (Å²) in [5.41, 5.74) is 0.375. The van der Waals surface area contributed by atoms with Crippen LogP contribution in [0.25, 0.3) is 0 Å². The predicted octanol–water partition coefficient (Wildman–Crippen LogP) is 0.923. The van der Waals surface area contributed by atoms with E-state index in [1.54, 1.807) is 12.1 Å². The summed E-state index contributed by atoms with van der Waals surface area (Å²) >= 11 is 0. The van der Waals surface area contributed by atoms with Crippen molar-refractivity contribution < 1.29 is 17.9 Å². The highest BCUT2D eigenvalue weighted by molar-refractivity contribution is 7.89. The molecule has 1 N–H and O–H groups in total. The van der Waals surface area contributed by atoms with Gasteiger partial charge in [0.25, 0.3) is 5.91 Å². The molecule has 1 aromatic carbocycles. The van der Waals surface area contributed by atoms with Gasteiger partial charge in [-0.15, -0.1) is 0 Å². The molecule has 2 heterocycles. The van der Waals surface area contributed by atoms with Crippen molar-refractivity contribution in [1.82, 2.24) is 14.5 Å². The van der Waals surface area contributed by atoms with Crippen molar-refractivity contribution in [1.29, 1.82) is 0 Å². The lowest BCUT2D eigenvalue weighted by molar-refractivity contribution is 0.0730. The van der Waals surface area contributed by atoms with Crippen LogP contribution in [-0.4, -0.2) is 76.0 Å². The Morgan fingerprint density at radius 2 is 1.85 bits per heavy atom. The monoisotopic (exact) mass is 381 g/mol. The van der Waals surface area contributed by atoms with Crippen molar-refractivity contribution >= 4 is 15.9 Å². The van der Waals surface area contributed by atoms with Crippen molar-refractivity contribution in [2.45, 2.75) is 24.2 Å². The smallest absolute Gasteiger partial charge is 0.251 e. The van der Waals surface area contributed by atoms with Crippen LogP contribution in [-0.2, 0) is 14.8 Å². The summed E-state index contributed by atoms with van der Waals surface area (Å²) in [5.74, 6) is -0.231. The molecule has 0 atom stereocenters. The number of morpholine rings is 1. The number of nitrogens with zero attached hydrogens (tertiary/aromatic N) is 2. The molecule has 0 aromatic heterocycles. The minimum atomic E-state index is -3.59. The number of amides is 1. The van der Waals surface area contributed by atoms with Gasteiger partial charge in [-0.05, 0) is 57.1 Å². The Kier molecular flexibility index (Phi) is 6.63. The number of carbonyl (C=O) groups is 1. The highest BCUT2D eigenvalue weighted by atomic mass is 32.2. The van der Waals surface area contributed by atoms with E-state index in [1.807, 2.05) is 0 Å². The number of ether oxygens (including phenoxy) is 1. The fourth-order valence-corrected chi connectivity index (χ4v) is 4.80. The first-order valence-electron chi connectivity index (χ1n) is 9.26. The van der Waals surface area contributed by atoms with E-state index in [2.05, 4.69) is 10.2 Å². The highest BCUT2D eigenvalue weighted by Gasteiger charge is 2.26. The minimum absolute atomic E-state index is 0.157. The Morgan fingerprint density at radius 3 is 2.58 bits per heavy atom. The molecule has 2 fully saturated rings. The second-order valence-electron chi connectivity index (χ2n) is 6.70. The van der Waals surface area contributed by atoms with Crippen molar-refractivity contribution in [3.8, 4) is 0 Å². The third kappa shape index (κ3) is 4.82. The zero-order chi connectivity index (χ0) is 18.4. The van der Waals surface area contributed by atoms with Gasteiger partial charge in [0.1, 0.15) is 0 Å². The second-order valence-corrected chi connectivity index (χ2v) is 8.64. The maximum absolute atomic E-state index is 12.7. The van der Waals surface area contributed by atoms with Crippen LogP contribution in [0.1, 0.15) is 29.6 Å². The van der Waals surface area contributed by atoms with E-state index in [1.165, 1.54) is 29.3 Å². The van der Waals surface area contributed by atoms with E-state index in [-0.39, 0.29) is 10.8 Å². The van der Waals surface area contributed by atoms with Crippen LogP contribution < -0.4 is 5.32 Å². The van der Waals surface area contributed by atoms with Gasteiger partial charge in [-0.1, -0.05) is 6.07 Å². The maximum Gasteiger partial charge on any atom is 0.251 e. The van der Waals surface area contributed by atoms with Crippen LogP contribution in [0, 0.1) is 0 Å². The van der Waals surface area contributed by atoms with Crippen LogP contribution >= 0.6 is 0 Å². The Bertz CT molecular complexity index is 711. The van der Waals surface area contributed by atoms with E-state index in [4.69, 9.17) is 4.74 Å². The molecular weight excluding hydrogens is 354 g/mol. The number of likely N-dealkylation sites (tertiary alicyclic amines) is 1. The fraction of sp³-hybridized carbons (Fsp3) is 0.611. The molecular formula is C18H27N3O4S. The molecule has 0 unspecified atom stereocenters. The van der Waals surface area contributed by atoms with E-state index in [9.17, 15) is 13.2 Å². The molecule has 1 aromatic rings. The largest absolute Gasteiger partial charge is 0.379 e. The molecule has 0 bridgehead atoms. The quantitative estimate of drug-likeness (QED) is 0.711. The lowest BCUT2D eigenvalue weighted by Crippen LogP contribution is -2.40. The Morgan fingerprint density at radius 1 is 1.12 bits per heavy atom. The molecule has 8 heteroatoms. The standard InChI is InChI=1S/C18H27N3O4S/c22-18(19-7-4-10-20-8-1-2-9-20)16-5-3-6-17(15-16)26(23,24)21-11-13-25-14-12-21/h3,5-6,15H,1-2,4,7-14H2,(H,19,22). The summed E-state index contributed by atoms with van der Waals surface area (Å²) in [5, 5.41) is 2.89. The molecule has 0 aliphatic carbocycles. The zero-order valence-corrected chi connectivity index (χ0v) is 15.8. The Balaban J connectivity index is 1.56. The number of hydrogen-bond donors (Lipinski definition) is 1. The van der Waals surface area contributed by atoms with Gasteiger partial charge in [0.2, 0.25) is 10.0 Å². The first-order valence-corrected chi connectivity index (χ1v) is 10.7. The number of nitrogens with one attached hydrogen (secondary N) is 1. The maximum atomic E-state index is 12.7. The van der Waals surface area contributed by atoms with Crippen molar-refractivity contribution in [3.05, 3.63) is 29.8 Å². The predicted molar refractivity (Wildman–Crippen MR) is 98.6 cm³/mol. The molecule has 26 heavy (non-hydrogen) atoms. The van der Waals surface area contributed by atoms with Gasteiger partial charge in [-0.3, -0.25) is 4.79 Å². The van der Waals surface area contributed by atoms with Gasteiger partial charge in [-0.25, -0.2) is 8.42 Å². The zero-order valence-electron chi connectivity index (χ0n) is 15.0. The van der Waals surface area contributed by atoms with E-state index >= 15 is 0 Å². The van der Waals surface area contributed by atoms with E-state index < -0.39 is 10.0 Å². The highest BCUT2D eigenvalue weighted by Crippen LogP contribution is 2.18. The average Bonchev–Trinajstić information content (AvgIpc) is 3.19. The molecule has 2 aliphatic rings. The fourth-order valence-electron chi connectivity index (χ4n) is 3.35. The summed E-state index contributed by atoms with van der Waals surface area (Å²) in [4.78, 5) is 14.9. The van der Waals surface area contributed by atoms with Gasteiger partial charge >= 0.3 is 0 Å². The number of sulfonamides is 1. The van der Waals surface area contributed by atoms with Crippen LogP contribution in [0.4, 0.5) is 0 Å². The van der Waals surface area contributed by atoms with Gasteiger partial charge in [0.05, 0.1) is 18.1 Å². The summed E-state index contributed by atoms with van der Waals surface area (Å²) < 4.78 is 32.0. The third-order valence-corrected chi connectivity index (χ3v) is 6.73. The Hall–Kier alpha value is -1.48. The van der Waals surface area contributed by atoms with Crippen molar-refractivity contribution in [2.75, 3.05) is 52.5 Å². The Labute approximate surface area is 155 Å². The number of benzene rings is 1. The SMILES string of the molecule is O=C(NCCCN1CCCC1)c1cccc(S(=O)(=O)N2CCOCC2)c1. The number of rotatable bonds is 7. The van der Waals surface area contributed by atoms with Gasteiger partial charge < -0.3 is 15.0 Å². The van der Waals surface area contributed by atoms with Gasteiger partial charge in [0.15, 0.2) is 0 Å². The first-order chi connectivity index (χ1) is 12.6. The second kappa shape index (κ2) is 8.94. The lowest BCUT2D eigenvalue weighted by atomic mass is 10.2. The molecule has 3 rings (SSSR count). The van der Waals surface area contributed by atoms with Crippen LogP contribution in [0.3, 0.4) is 0 Å². The summed E-state index contributed by atoms with van der Waals surface area (Å²) in [6.45, 7) is 5.36. The summed E-state index contributed by atoms with van der Waals surface area (Å²) in [7, 11) is -3.59. The van der Waals surface area contributed by atoms with Crippen molar-refractivity contribution in [3.63, 3.8) is 0 Å². The number of hydrogen-bond acceptors (Lipinski definition) is 5. The molecule has 0 spiro atoms. The van der Waals surface area contributed by atoms with E-state index in [0.717, 1.165) is 26.1 Å². The third-order valence-electron chi connectivity index (χ3n) is 4.84.